The number of likely N-dealkylation sites (N-methyl/N-ethyl adjacent to an activating group) is 1. The van der Waals surface area contributed by atoms with Crippen LogP contribution in [0.25, 0.3) is 0 Å². The molecule has 3 rings (SSSR count). The number of hydrogen-bond acceptors (Lipinski definition) is 1. The molecule has 0 aromatic heterocycles. The molecule has 0 saturated heterocycles. The Kier molecular flexibility index (Phi) is 3.65. The minimum Gasteiger partial charge on any atom is -0.295 e. The summed E-state index contributed by atoms with van der Waals surface area (Å²) in [6.07, 6.45) is 14.6. The fraction of sp³-hybridized carbons (Fsp3) is 0.333. The number of benzene rings is 1. The van der Waals surface area contributed by atoms with Crippen molar-refractivity contribution in [3.63, 3.8) is 0 Å². The van der Waals surface area contributed by atoms with Crippen LogP contribution >= 0.6 is 0 Å². The van der Waals surface area contributed by atoms with Gasteiger partial charge in [0.1, 0.15) is 0 Å². The molecule has 1 aromatic rings. The normalized spacial score (nSPS) is 23.4. The van der Waals surface area contributed by atoms with Gasteiger partial charge in [0.15, 0.2) is 0 Å². The maximum Gasteiger partial charge on any atom is 0.0599 e. The summed E-state index contributed by atoms with van der Waals surface area (Å²) in [5.74, 6) is 0. The topological polar surface area (TPSA) is 3.24 Å². The second kappa shape index (κ2) is 5.58. The molecule has 0 bridgehead atoms. The minimum atomic E-state index is 0.412. The van der Waals surface area contributed by atoms with Crippen molar-refractivity contribution in [2.45, 2.75) is 25.3 Å². The molecular weight excluding hydrogens is 230 g/mol. The van der Waals surface area contributed by atoms with Gasteiger partial charge in [0.2, 0.25) is 0 Å². The highest BCUT2D eigenvalue weighted by molar-refractivity contribution is 5.41. The monoisotopic (exact) mass is 251 g/mol. The fourth-order valence-electron chi connectivity index (χ4n) is 3.15. The van der Waals surface area contributed by atoms with E-state index in [0.29, 0.717) is 6.04 Å². The quantitative estimate of drug-likeness (QED) is 0.728. The summed E-state index contributed by atoms with van der Waals surface area (Å²) in [6.45, 7) is 1.16. The van der Waals surface area contributed by atoms with Gasteiger partial charge in [-0.05, 0) is 49.6 Å². The molecule has 0 fully saturated rings. The molecule has 0 saturated carbocycles. The van der Waals surface area contributed by atoms with E-state index in [1.165, 1.54) is 29.5 Å². The van der Waals surface area contributed by atoms with Gasteiger partial charge in [0, 0.05) is 0 Å². The Morgan fingerprint density at radius 3 is 3.00 bits per heavy atom. The minimum absolute atomic E-state index is 0.412. The van der Waals surface area contributed by atoms with Crippen LogP contribution in [0.2, 0.25) is 0 Å². The van der Waals surface area contributed by atoms with Gasteiger partial charge in [-0.1, -0.05) is 54.6 Å². The van der Waals surface area contributed by atoms with E-state index in [2.05, 4.69) is 66.6 Å². The van der Waals surface area contributed by atoms with E-state index in [0.717, 1.165) is 13.0 Å². The van der Waals surface area contributed by atoms with E-state index in [9.17, 15) is 0 Å². The molecule has 19 heavy (non-hydrogen) atoms. The second-order valence-electron chi connectivity index (χ2n) is 5.41. The number of fused-ring (bicyclic) bond motifs is 1. The van der Waals surface area contributed by atoms with E-state index in [1.54, 1.807) is 0 Å². The Labute approximate surface area is 115 Å². The van der Waals surface area contributed by atoms with Crippen LogP contribution in [-0.4, -0.2) is 18.5 Å². The lowest BCUT2D eigenvalue weighted by molar-refractivity contribution is 0.284. The van der Waals surface area contributed by atoms with Gasteiger partial charge in [-0.3, -0.25) is 4.90 Å². The van der Waals surface area contributed by atoms with Crippen molar-refractivity contribution >= 4 is 0 Å². The largest absolute Gasteiger partial charge is 0.295 e. The van der Waals surface area contributed by atoms with Crippen molar-refractivity contribution < 1.29 is 0 Å². The zero-order valence-corrected chi connectivity index (χ0v) is 11.5. The van der Waals surface area contributed by atoms with E-state index >= 15 is 0 Å². The summed E-state index contributed by atoms with van der Waals surface area (Å²) in [5, 5.41) is 0. The van der Waals surface area contributed by atoms with Crippen molar-refractivity contribution in [3.8, 4) is 0 Å². The van der Waals surface area contributed by atoms with Gasteiger partial charge in [-0.2, -0.15) is 0 Å². The van der Waals surface area contributed by atoms with Crippen LogP contribution in [0.1, 0.15) is 30.0 Å². The van der Waals surface area contributed by atoms with Gasteiger partial charge in [-0.15, -0.1) is 0 Å². The average Bonchev–Trinajstić information content (AvgIpc) is 2.77. The zero-order valence-electron chi connectivity index (χ0n) is 11.5. The second-order valence-corrected chi connectivity index (χ2v) is 5.41. The standard InChI is InChI=1S/C18H21N/c1-19-14-8-12-15-9-6-7-13-17(15)18(19)16-10-4-2-3-5-11-16/h2-4,6-7,9-11,13,18H,5,8,12,14H2,1H3. The lowest BCUT2D eigenvalue weighted by Crippen LogP contribution is -2.25. The van der Waals surface area contributed by atoms with Gasteiger partial charge in [-0.25, -0.2) is 0 Å². The molecule has 0 amide bonds. The molecule has 1 aliphatic carbocycles. The molecule has 1 nitrogen and oxygen atoms in total. The molecule has 0 spiro atoms. The molecule has 0 radical (unpaired) electrons. The van der Waals surface area contributed by atoms with E-state index < -0.39 is 0 Å². The SMILES string of the molecule is CN1CCCc2ccccc2C1C1=CCC=CC=C1. The van der Waals surface area contributed by atoms with Crippen LogP contribution in [0, 0.1) is 0 Å². The summed E-state index contributed by atoms with van der Waals surface area (Å²) in [5.41, 5.74) is 4.44. The summed E-state index contributed by atoms with van der Waals surface area (Å²) in [4.78, 5) is 2.49. The first-order valence-electron chi connectivity index (χ1n) is 7.17. The number of hydrogen-bond donors (Lipinski definition) is 0. The molecule has 1 aromatic carbocycles. The van der Waals surface area contributed by atoms with Crippen LogP contribution in [0.4, 0.5) is 0 Å². The summed E-state index contributed by atoms with van der Waals surface area (Å²) >= 11 is 0. The molecule has 2 aliphatic rings. The third-order valence-electron chi connectivity index (χ3n) is 4.09. The Morgan fingerprint density at radius 1 is 1.16 bits per heavy atom. The van der Waals surface area contributed by atoms with Crippen molar-refractivity contribution in [1.29, 1.82) is 0 Å². The summed E-state index contributed by atoms with van der Waals surface area (Å²) < 4.78 is 0. The molecule has 98 valence electrons. The van der Waals surface area contributed by atoms with Crippen molar-refractivity contribution in [2.24, 2.45) is 0 Å². The molecule has 0 N–H and O–H groups in total. The third-order valence-corrected chi connectivity index (χ3v) is 4.09. The number of allylic oxidation sites excluding steroid dienone is 4. The lowest BCUT2D eigenvalue weighted by Gasteiger charge is -2.28. The maximum atomic E-state index is 2.49. The maximum absolute atomic E-state index is 2.49. The average molecular weight is 251 g/mol. The van der Waals surface area contributed by atoms with Crippen LogP contribution in [0.3, 0.4) is 0 Å². The van der Waals surface area contributed by atoms with Gasteiger partial charge >= 0.3 is 0 Å². The number of nitrogens with zero attached hydrogens (tertiary/aromatic N) is 1. The molecule has 1 unspecified atom stereocenters. The van der Waals surface area contributed by atoms with E-state index in [-0.39, 0.29) is 0 Å². The highest BCUT2D eigenvalue weighted by Crippen LogP contribution is 2.34. The first-order chi connectivity index (χ1) is 9.36. The van der Waals surface area contributed by atoms with E-state index in [1.807, 2.05) is 0 Å². The molecular formula is C18H21N. The predicted molar refractivity (Wildman–Crippen MR) is 81.1 cm³/mol. The first-order valence-corrected chi connectivity index (χ1v) is 7.17. The van der Waals surface area contributed by atoms with Crippen molar-refractivity contribution in [1.82, 2.24) is 4.90 Å². The summed E-state index contributed by atoms with van der Waals surface area (Å²) in [7, 11) is 2.25. The van der Waals surface area contributed by atoms with Gasteiger partial charge in [0.25, 0.3) is 0 Å². The predicted octanol–water partition coefficient (Wildman–Crippen LogP) is 4.05. The molecule has 1 atom stereocenters. The van der Waals surface area contributed by atoms with Crippen LogP contribution in [0.5, 0.6) is 0 Å². The van der Waals surface area contributed by atoms with Gasteiger partial charge in [0.05, 0.1) is 6.04 Å². The van der Waals surface area contributed by atoms with Crippen LogP contribution < -0.4 is 0 Å². The highest BCUT2D eigenvalue weighted by atomic mass is 15.1. The smallest absolute Gasteiger partial charge is 0.0599 e. The Balaban J connectivity index is 2.04. The fourth-order valence-corrected chi connectivity index (χ4v) is 3.15. The Bertz CT molecular complexity index is 536. The Morgan fingerprint density at radius 2 is 2.05 bits per heavy atom. The van der Waals surface area contributed by atoms with Crippen LogP contribution in [-0.2, 0) is 6.42 Å². The van der Waals surface area contributed by atoms with E-state index in [4.69, 9.17) is 0 Å². The number of aryl methyl sites for hydroxylation is 1. The molecule has 1 aliphatic heterocycles. The summed E-state index contributed by atoms with van der Waals surface area (Å²) in [6, 6.07) is 9.34. The Hall–Kier alpha value is -1.60. The van der Waals surface area contributed by atoms with Gasteiger partial charge < -0.3 is 0 Å². The highest BCUT2D eigenvalue weighted by Gasteiger charge is 2.24. The van der Waals surface area contributed by atoms with Crippen molar-refractivity contribution in [3.05, 3.63) is 71.3 Å². The lowest BCUT2D eigenvalue weighted by atomic mass is 9.92. The van der Waals surface area contributed by atoms with Crippen molar-refractivity contribution in [2.75, 3.05) is 13.6 Å². The third kappa shape index (κ3) is 2.57. The molecule has 1 heterocycles. The first kappa shape index (κ1) is 12.4. The number of rotatable bonds is 1. The molecule has 1 heteroatoms. The zero-order chi connectivity index (χ0) is 13.1. The van der Waals surface area contributed by atoms with Crippen LogP contribution in [0.15, 0.2) is 60.2 Å².